The van der Waals surface area contributed by atoms with Gasteiger partial charge >= 0.3 is 29.2 Å². The molecule has 22 heteroatoms. The van der Waals surface area contributed by atoms with E-state index >= 15 is 0 Å². The number of esters is 3. The second kappa shape index (κ2) is 26.7. The van der Waals surface area contributed by atoms with Gasteiger partial charge in [0.15, 0.2) is 0 Å². The van der Waals surface area contributed by atoms with Crippen LogP contribution >= 0.6 is 0 Å². The van der Waals surface area contributed by atoms with E-state index in [1.807, 2.05) is 58.9 Å². The van der Waals surface area contributed by atoms with Crippen molar-refractivity contribution in [3.8, 4) is 0 Å². The molecule has 0 atom stereocenters. The van der Waals surface area contributed by atoms with Crippen LogP contribution in [0.3, 0.4) is 0 Å². The molecule has 22 nitrogen and oxygen atoms in total. The quantitative estimate of drug-likeness (QED) is 0.0270. The largest absolute Gasteiger partial charge is 0.465 e. The molecule has 6 aromatic rings. The topological polar surface area (TPSA) is 265 Å². The van der Waals surface area contributed by atoms with Crippen LogP contribution in [0.4, 0.5) is 11.4 Å². The number of aryl methyl sites for hydroxylation is 4. The minimum Gasteiger partial charge on any atom is -0.465 e. The SMILES string of the molecule is CCCOC(=O)C(C)(COC(=O)CCc1cn(CCCNC(=O)c2cc3ccc(N(CC)CC)cc3oc2=O)nn1)COC(=O)CCc1cn(CCCNC(=O)c2cc3ccc(N(CC)CC)cc3oc2=O)nn1. The molecule has 0 unspecified atom stereocenters. The lowest BCUT2D eigenvalue weighted by Gasteiger charge is -2.26. The maximum absolute atomic E-state index is 13.1. The van der Waals surface area contributed by atoms with Crippen LogP contribution in [0.15, 0.2) is 79.3 Å². The molecule has 0 radical (unpaired) electrons. The molecular formula is C52H66N10O12. The average molecular weight is 1020 g/mol. The van der Waals surface area contributed by atoms with Gasteiger partial charge in [-0.2, -0.15) is 0 Å². The van der Waals surface area contributed by atoms with E-state index in [4.69, 9.17) is 23.0 Å². The molecule has 4 aromatic heterocycles. The highest BCUT2D eigenvalue weighted by molar-refractivity contribution is 5.98. The van der Waals surface area contributed by atoms with Gasteiger partial charge in [0.1, 0.15) is 40.9 Å². The van der Waals surface area contributed by atoms with Crippen LogP contribution in [0.2, 0.25) is 0 Å². The van der Waals surface area contributed by atoms with E-state index < -0.39 is 59.6 Å². The van der Waals surface area contributed by atoms with Crippen molar-refractivity contribution in [1.29, 1.82) is 0 Å². The summed E-state index contributed by atoms with van der Waals surface area (Å²) in [4.78, 5) is 94.2. The number of aromatic nitrogens is 6. The average Bonchev–Trinajstić information content (AvgIpc) is 4.07. The number of carbonyl (C=O) groups is 5. The van der Waals surface area contributed by atoms with Crippen LogP contribution in [0.5, 0.6) is 0 Å². The molecule has 0 saturated carbocycles. The van der Waals surface area contributed by atoms with E-state index in [2.05, 4.69) is 41.1 Å². The molecule has 0 bridgehead atoms. The second-order valence-electron chi connectivity index (χ2n) is 17.9. The van der Waals surface area contributed by atoms with Gasteiger partial charge in [0, 0.05) is 112 Å². The van der Waals surface area contributed by atoms with Gasteiger partial charge < -0.3 is 43.5 Å². The van der Waals surface area contributed by atoms with Gasteiger partial charge in [0.25, 0.3) is 11.8 Å². The Balaban J connectivity index is 0.883. The van der Waals surface area contributed by atoms with Crippen LogP contribution < -0.4 is 31.7 Å². The van der Waals surface area contributed by atoms with E-state index in [0.717, 1.165) is 37.6 Å². The molecule has 6 rings (SSSR count). The number of ether oxygens (including phenoxy) is 3. The van der Waals surface area contributed by atoms with E-state index in [-0.39, 0.29) is 56.5 Å². The highest BCUT2D eigenvalue weighted by Crippen LogP contribution is 2.25. The Morgan fingerprint density at radius 1 is 0.622 bits per heavy atom. The summed E-state index contributed by atoms with van der Waals surface area (Å²) in [6.45, 7) is 15.3. The summed E-state index contributed by atoms with van der Waals surface area (Å²) in [7, 11) is 0. The number of hydrogen-bond donors (Lipinski definition) is 2. The third-order valence-corrected chi connectivity index (χ3v) is 12.3. The Labute approximate surface area is 427 Å². The number of nitrogens with one attached hydrogen (secondary N) is 2. The first kappa shape index (κ1) is 55.4. The molecule has 0 aliphatic rings. The predicted octanol–water partition coefficient (Wildman–Crippen LogP) is 5.03. The summed E-state index contributed by atoms with van der Waals surface area (Å²) in [5, 5.41) is 23.2. The number of anilines is 2. The molecule has 0 aliphatic carbocycles. The van der Waals surface area contributed by atoms with Crippen molar-refractivity contribution < 1.29 is 47.0 Å². The lowest BCUT2D eigenvalue weighted by molar-refractivity contribution is -0.170. The van der Waals surface area contributed by atoms with Crippen LogP contribution in [-0.4, -0.2) is 119 Å². The summed E-state index contributed by atoms with van der Waals surface area (Å²) < 4.78 is 30.5. The lowest BCUT2D eigenvalue weighted by atomic mass is 9.93. The van der Waals surface area contributed by atoms with E-state index in [1.54, 1.807) is 33.9 Å². The van der Waals surface area contributed by atoms with Gasteiger partial charge in [-0.1, -0.05) is 17.4 Å². The number of nitrogens with zero attached hydrogens (tertiary/aromatic N) is 8. The second-order valence-corrected chi connectivity index (χ2v) is 17.9. The van der Waals surface area contributed by atoms with Gasteiger partial charge in [0.2, 0.25) is 0 Å². The third-order valence-electron chi connectivity index (χ3n) is 12.3. The molecule has 74 heavy (non-hydrogen) atoms. The Kier molecular flexibility index (Phi) is 20.0. The summed E-state index contributed by atoms with van der Waals surface area (Å²) >= 11 is 0. The van der Waals surface area contributed by atoms with Crippen molar-refractivity contribution >= 4 is 63.0 Å². The van der Waals surface area contributed by atoms with Crippen LogP contribution in [0.25, 0.3) is 21.9 Å². The van der Waals surface area contributed by atoms with Crippen molar-refractivity contribution in [1.82, 2.24) is 40.6 Å². The zero-order chi connectivity index (χ0) is 53.2. The summed E-state index contributed by atoms with van der Waals surface area (Å²) in [6.07, 6.45) is 5.10. The number of hydrogen-bond acceptors (Lipinski definition) is 18. The van der Waals surface area contributed by atoms with E-state index in [0.29, 0.717) is 65.7 Å². The Morgan fingerprint density at radius 2 is 1.05 bits per heavy atom. The predicted molar refractivity (Wildman–Crippen MR) is 274 cm³/mol. The molecule has 0 spiro atoms. The zero-order valence-corrected chi connectivity index (χ0v) is 43.0. The number of amides is 2. The zero-order valence-electron chi connectivity index (χ0n) is 43.0. The third kappa shape index (κ3) is 15.1. The first-order valence-electron chi connectivity index (χ1n) is 25.2. The summed E-state index contributed by atoms with van der Waals surface area (Å²) in [5.74, 6) is -3.01. The minimum atomic E-state index is -1.49. The smallest absolute Gasteiger partial charge is 0.349 e. The fraction of sp³-hybridized carbons (Fsp3) is 0.481. The molecular weight excluding hydrogens is 957 g/mol. The highest BCUT2D eigenvalue weighted by atomic mass is 16.6. The van der Waals surface area contributed by atoms with Crippen LogP contribution in [0.1, 0.15) is 106 Å². The molecule has 2 N–H and O–H groups in total. The van der Waals surface area contributed by atoms with Gasteiger partial charge in [-0.15, -0.1) is 10.2 Å². The monoisotopic (exact) mass is 1020 g/mol. The minimum absolute atomic E-state index is 0.0718. The normalized spacial score (nSPS) is 11.4. The standard InChI is InChI=1S/C52H66N10O12/c1-7-26-70-51(69)52(6,33-71-45(63)20-16-37-31-61(57-55-37)24-12-22-53-47(65)41-27-35-14-18-39(59(8-2)9-3)29-43(35)73-49(41)67)34-72-46(64)21-17-38-32-62(58-56-38)25-13-23-54-48(66)42-28-36-15-19-40(60(10-4)11-5)30-44(36)74-50(42)68/h14-15,18-19,27-32H,7-13,16-17,20-26,33-34H2,1-6H3,(H,53,65)(H,54,66). The number of rotatable bonds is 29. The molecule has 0 saturated heterocycles. The van der Waals surface area contributed by atoms with Gasteiger partial charge in [-0.3, -0.25) is 33.3 Å². The number of carbonyl (C=O) groups excluding carboxylic acids is 5. The maximum Gasteiger partial charge on any atom is 0.349 e. The molecule has 0 fully saturated rings. The van der Waals surface area contributed by atoms with Crippen LogP contribution in [-0.2, 0) is 54.5 Å². The van der Waals surface area contributed by atoms with Gasteiger partial charge in [-0.25, -0.2) is 9.59 Å². The van der Waals surface area contributed by atoms with Crippen molar-refractivity contribution in [2.24, 2.45) is 5.41 Å². The van der Waals surface area contributed by atoms with Gasteiger partial charge in [-0.05, 0) is 90.3 Å². The van der Waals surface area contributed by atoms with Crippen molar-refractivity contribution in [3.05, 3.63) is 104 Å². The van der Waals surface area contributed by atoms with Crippen molar-refractivity contribution in [3.63, 3.8) is 0 Å². The Bertz CT molecular complexity index is 2820. The fourth-order valence-corrected chi connectivity index (χ4v) is 7.90. The van der Waals surface area contributed by atoms with E-state index in [1.165, 1.54) is 19.1 Å². The first-order chi connectivity index (χ1) is 35.7. The van der Waals surface area contributed by atoms with Crippen molar-refractivity contribution in [2.45, 2.75) is 99.6 Å². The molecule has 0 aliphatic heterocycles. The summed E-state index contributed by atoms with van der Waals surface area (Å²) in [6, 6.07) is 14.2. The van der Waals surface area contributed by atoms with Crippen molar-refractivity contribution in [2.75, 3.05) is 68.9 Å². The lowest BCUT2D eigenvalue weighted by Crippen LogP contribution is -2.40. The van der Waals surface area contributed by atoms with E-state index in [9.17, 15) is 33.6 Å². The number of fused-ring (bicyclic) bond motifs is 2. The Hall–Kier alpha value is -7.91. The fourth-order valence-electron chi connectivity index (χ4n) is 7.90. The molecule has 2 amide bonds. The van der Waals surface area contributed by atoms with Gasteiger partial charge in [0.05, 0.1) is 30.8 Å². The summed E-state index contributed by atoms with van der Waals surface area (Å²) in [5.41, 5.74) is 0.594. The molecule has 2 aromatic carbocycles. The maximum atomic E-state index is 13.1. The Morgan fingerprint density at radius 3 is 1.46 bits per heavy atom. The molecule has 4 heterocycles. The number of benzene rings is 2. The van der Waals surface area contributed by atoms with Crippen LogP contribution in [0, 0.1) is 5.41 Å². The first-order valence-corrected chi connectivity index (χ1v) is 25.2. The highest BCUT2D eigenvalue weighted by Gasteiger charge is 2.38. The molecule has 396 valence electrons.